The number of halogens is 2. The van der Waals surface area contributed by atoms with Gasteiger partial charge in [0.05, 0.1) is 5.75 Å². The van der Waals surface area contributed by atoms with E-state index in [9.17, 15) is 12.8 Å². The lowest BCUT2D eigenvalue weighted by atomic mass is 10.0. The molecule has 0 radical (unpaired) electrons. The van der Waals surface area contributed by atoms with Crippen LogP contribution in [0.25, 0.3) is 0 Å². The Bertz CT molecular complexity index is 443. The van der Waals surface area contributed by atoms with Crippen LogP contribution in [0.3, 0.4) is 0 Å². The van der Waals surface area contributed by atoms with Crippen LogP contribution in [0.5, 0.6) is 0 Å². The van der Waals surface area contributed by atoms with Crippen LogP contribution in [0, 0.1) is 5.82 Å². The second kappa shape index (κ2) is 4.94. The zero-order valence-corrected chi connectivity index (χ0v) is 9.91. The Kier molecular flexibility index (Phi) is 4.11. The van der Waals surface area contributed by atoms with E-state index in [4.69, 9.17) is 10.7 Å². The first kappa shape index (κ1) is 12.5. The molecule has 0 spiro atoms. The molecule has 0 unspecified atom stereocenters. The summed E-state index contributed by atoms with van der Waals surface area (Å²) in [5.41, 5.74) is 1.29. The van der Waals surface area contributed by atoms with Crippen LogP contribution in [0.15, 0.2) is 18.2 Å². The van der Waals surface area contributed by atoms with Crippen molar-refractivity contribution in [3.05, 3.63) is 35.1 Å². The van der Waals surface area contributed by atoms with Gasteiger partial charge in [0.15, 0.2) is 0 Å². The van der Waals surface area contributed by atoms with E-state index in [1.165, 1.54) is 18.2 Å². The zero-order chi connectivity index (χ0) is 11.5. The van der Waals surface area contributed by atoms with Gasteiger partial charge in [-0.05, 0) is 29.7 Å². The van der Waals surface area contributed by atoms with Crippen molar-refractivity contribution >= 4 is 19.7 Å². The third-order valence-corrected chi connectivity index (χ3v) is 3.00. The number of benzene rings is 1. The third-order valence-electron chi connectivity index (χ3n) is 2.02. The molecule has 0 aliphatic carbocycles. The van der Waals surface area contributed by atoms with Crippen LogP contribution in [-0.2, 0) is 21.2 Å². The highest BCUT2D eigenvalue weighted by Crippen LogP contribution is 2.17. The van der Waals surface area contributed by atoms with Crippen LogP contribution in [0.1, 0.15) is 24.5 Å². The van der Waals surface area contributed by atoms with E-state index >= 15 is 0 Å². The predicted molar refractivity (Wildman–Crippen MR) is 58.9 cm³/mol. The van der Waals surface area contributed by atoms with Gasteiger partial charge in [-0.2, -0.15) is 0 Å². The molecule has 0 saturated carbocycles. The van der Waals surface area contributed by atoms with Crippen molar-refractivity contribution in [2.75, 3.05) is 0 Å². The number of aryl methyl sites for hydroxylation is 1. The van der Waals surface area contributed by atoms with Crippen molar-refractivity contribution in [1.82, 2.24) is 0 Å². The Morgan fingerprint density at radius 1 is 1.33 bits per heavy atom. The highest BCUT2D eigenvalue weighted by molar-refractivity contribution is 8.13. The minimum absolute atomic E-state index is 0.246. The van der Waals surface area contributed by atoms with Crippen LogP contribution in [-0.4, -0.2) is 8.42 Å². The SMILES string of the molecule is CCCc1cc(F)ccc1CS(=O)(=O)Cl. The van der Waals surface area contributed by atoms with E-state index in [2.05, 4.69) is 0 Å². The monoisotopic (exact) mass is 250 g/mol. The molecule has 0 bridgehead atoms. The van der Waals surface area contributed by atoms with E-state index in [1.54, 1.807) is 0 Å². The molecule has 1 rings (SSSR count). The molecule has 0 aromatic heterocycles. The zero-order valence-electron chi connectivity index (χ0n) is 8.33. The van der Waals surface area contributed by atoms with Gasteiger partial charge >= 0.3 is 0 Å². The Labute approximate surface area is 93.5 Å². The van der Waals surface area contributed by atoms with Gasteiger partial charge in [0.1, 0.15) is 5.82 Å². The molecule has 0 fully saturated rings. The molecular formula is C10H12ClFO2S. The third kappa shape index (κ3) is 4.18. The molecule has 0 heterocycles. The van der Waals surface area contributed by atoms with E-state index in [0.717, 1.165) is 6.42 Å². The lowest BCUT2D eigenvalue weighted by Gasteiger charge is -2.06. The summed E-state index contributed by atoms with van der Waals surface area (Å²) >= 11 is 0. The quantitative estimate of drug-likeness (QED) is 0.770. The van der Waals surface area contributed by atoms with E-state index in [0.29, 0.717) is 17.5 Å². The maximum Gasteiger partial charge on any atom is 0.236 e. The molecule has 2 nitrogen and oxygen atoms in total. The average Bonchev–Trinajstić information content (AvgIpc) is 2.08. The van der Waals surface area contributed by atoms with Crippen molar-refractivity contribution in [1.29, 1.82) is 0 Å². The molecule has 0 saturated heterocycles. The largest absolute Gasteiger partial charge is 0.236 e. The molecule has 1 aromatic carbocycles. The van der Waals surface area contributed by atoms with Gasteiger partial charge in [-0.15, -0.1) is 0 Å². The summed E-state index contributed by atoms with van der Waals surface area (Å²) in [5.74, 6) is -0.598. The summed E-state index contributed by atoms with van der Waals surface area (Å²) in [6, 6.07) is 4.08. The summed E-state index contributed by atoms with van der Waals surface area (Å²) in [6.45, 7) is 1.95. The first-order valence-corrected chi connectivity index (χ1v) is 7.10. The normalized spacial score (nSPS) is 11.7. The smallest absolute Gasteiger partial charge is 0.212 e. The molecule has 1 aromatic rings. The first-order valence-electron chi connectivity index (χ1n) is 4.62. The molecule has 84 valence electrons. The summed E-state index contributed by atoms with van der Waals surface area (Å²) in [7, 11) is 1.58. The molecule has 0 aliphatic heterocycles. The lowest BCUT2D eigenvalue weighted by Crippen LogP contribution is -2.00. The van der Waals surface area contributed by atoms with Crippen molar-refractivity contribution in [3.63, 3.8) is 0 Å². The van der Waals surface area contributed by atoms with Crippen molar-refractivity contribution in [2.45, 2.75) is 25.5 Å². The summed E-state index contributed by atoms with van der Waals surface area (Å²) in [6.07, 6.45) is 1.48. The predicted octanol–water partition coefficient (Wildman–Crippen LogP) is 2.85. The fourth-order valence-electron chi connectivity index (χ4n) is 1.42. The molecular weight excluding hydrogens is 239 g/mol. The fourth-order valence-corrected chi connectivity index (χ4v) is 2.43. The topological polar surface area (TPSA) is 34.1 Å². The molecule has 0 aliphatic rings. The summed E-state index contributed by atoms with van der Waals surface area (Å²) in [5, 5.41) is 0. The van der Waals surface area contributed by atoms with Crippen LogP contribution in [0.4, 0.5) is 4.39 Å². The summed E-state index contributed by atoms with van der Waals surface area (Å²) in [4.78, 5) is 0. The number of hydrogen-bond acceptors (Lipinski definition) is 2. The molecule has 0 amide bonds. The van der Waals surface area contributed by atoms with Gasteiger partial charge in [0.2, 0.25) is 9.05 Å². The highest BCUT2D eigenvalue weighted by Gasteiger charge is 2.11. The molecule has 5 heteroatoms. The average molecular weight is 251 g/mol. The fraction of sp³-hybridized carbons (Fsp3) is 0.400. The lowest BCUT2D eigenvalue weighted by molar-refractivity contribution is 0.607. The van der Waals surface area contributed by atoms with Gasteiger partial charge in [-0.3, -0.25) is 0 Å². The van der Waals surface area contributed by atoms with Gasteiger partial charge < -0.3 is 0 Å². The van der Waals surface area contributed by atoms with Gasteiger partial charge in [-0.25, -0.2) is 12.8 Å². The van der Waals surface area contributed by atoms with Gasteiger partial charge in [-0.1, -0.05) is 19.4 Å². The Morgan fingerprint density at radius 3 is 2.53 bits per heavy atom. The van der Waals surface area contributed by atoms with Crippen molar-refractivity contribution in [2.24, 2.45) is 0 Å². The summed E-state index contributed by atoms with van der Waals surface area (Å²) < 4.78 is 34.7. The Hall–Kier alpha value is -0.610. The molecule has 15 heavy (non-hydrogen) atoms. The van der Waals surface area contributed by atoms with E-state index < -0.39 is 9.05 Å². The second-order valence-corrected chi connectivity index (χ2v) is 6.12. The molecule has 0 N–H and O–H groups in total. The van der Waals surface area contributed by atoms with Crippen LogP contribution in [0.2, 0.25) is 0 Å². The van der Waals surface area contributed by atoms with Crippen molar-refractivity contribution in [3.8, 4) is 0 Å². The maximum absolute atomic E-state index is 12.9. The minimum atomic E-state index is -3.58. The highest BCUT2D eigenvalue weighted by atomic mass is 35.7. The van der Waals surface area contributed by atoms with E-state index in [1.807, 2.05) is 6.92 Å². The van der Waals surface area contributed by atoms with Crippen LogP contribution >= 0.6 is 10.7 Å². The van der Waals surface area contributed by atoms with Gasteiger partial charge in [0.25, 0.3) is 0 Å². The number of hydrogen-bond donors (Lipinski definition) is 0. The Morgan fingerprint density at radius 2 is 2.00 bits per heavy atom. The minimum Gasteiger partial charge on any atom is -0.212 e. The first-order chi connectivity index (χ1) is 6.92. The Balaban J connectivity index is 3.05. The second-order valence-electron chi connectivity index (χ2n) is 3.35. The van der Waals surface area contributed by atoms with Gasteiger partial charge in [0, 0.05) is 10.7 Å². The van der Waals surface area contributed by atoms with Crippen molar-refractivity contribution < 1.29 is 12.8 Å². The molecule has 0 atom stereocenters. The maximum atomic E-state index is 12.9. The number of rotatable bonds is 4. The van der Waals surface area contributed by atoms with E-state index in [-0.39, 0.29) is 11.6 Å². The standard InChI is InChI=1S/C10H12ClFO2S/c1-2-3-8-6-10(12)5-4-9(8)7-15(11,13)14/h4-6H,2-3,7H2,1H3. The van der Waals surface area contributed by atoms with Crippen LogP contribution < -0.4 is 0 Å².